The van der Waals surface area contributed by atoms with Gasteiger partial charge >= 0.3 is 5.97 Å². The normalized spacial score (nSPS) is 11.8. The van der Waals surface area contributed by atoms with Gasteiger partial charge in [0.25, 0.3) is 0 Å². The quantitative estimate of drug-likeness (QED) is 0.618. The van der Waals surface area contributed by atoms with E-state index in [2.05, 4.69) is 11.1 Å². The molecular weight excluding hydrogens is 240 g/mol. The molecule has 4 heteroatoms. The SMILES string of the molecule is CCOC(=O)c1ccccc1C(C#N)=NC(C)(C)C. The van der Waals surface area contributed by atoms with Gasteiger partial charge in [-0.25, -0.2) is 4.79 Å². The van der Waals surface area contributed by atoms with E-state index in [1.54, 1.807) is 31.2 Å². The predicted molar refractivity (Wildman–Crippen MR) is 74.3 cm³/mol. The third-order valence-electron chi connectivity index (χ3n) is 2.23. The Kier molecular flexibility index (Phi) is 4.82. The molecule has 0 aliphatic carbocycles. The molecule has 1 aromatic carbocycles. The molecule has 0 aliphatic heterocycles. The molecule has 0 amide bonds. The summed E-state index contributed by atoms with van der Waals surface area (Å²) in [7, 11) is 0. The summed E-state index contributed by atoms with van der Waals surface area (Å²) in [5.41, 5.74) is 0.746. The molecule has 0 atom stereocenters. The van der Waals surface area contributed by atoms with Gasteiger partial charge in [0.05, 0.1) is 17.7 Å². The van der Waals surface area contributed by atoms with Crippen LogP contribution in [0.3, 0.4) is 0 Å². The van der Waals surface area contributed by atoms with Crippen molar-refractivity contribution < 1.29 is 9.53 Å². The number of benzene rings is 1. The van der Waals surface area contributed by atoms with Crippen LogP contribution in [0.15, 0.2) is 29.3 Å². The Balaban J connectivity index is 3.31. The summed E-state index contributed by atoms with van der Waals surface area (Å²) in [5, 5.41) is 9.25. The fourth-order valence-electron chi connectivity index (χ4n) is 1.56. The van der Waals surface area contributed by atoms with Crippen LogP contribution in [0, 0.1) is 11.3 Å². The number of carbonyl (C=O) groups excluding carboxylic acids is 1. The Morgan fingerprint density at radius 2 is 1.89 bits per heavy atom. The van der Waals surface area contributed by atoms with Crippen LogP contribution >= 0.6 is 0 Å². The Labute approximate surface area is 113 Å². The van der Waals surface area contributed by atoms with Gasteiger partial charge in [-0.15, -0.1) is 0 Å². The number of nitriles is 1. The zero-order valence-electron chi connectivity index (χ0n) is 11.7. The molecule has 0 saturated heterocycles. The van der Waals surface area contributed by atoms with Gasteiger partial charge in [-0.3, -0.25) is 4.99 Å². The highest BCUT2D eigenvalue weighted by molar-refractivity contribution is 6.16. The lowest BCUT2D eigenvalue weighted by Gasteiger charge is -2.14. The molecule has 0 aliphatic rings. The van der Waals surface area contributed by atoms with Crippen LogP contribution < -0.4 is 0 Å². The molecule has 1 aromatic rings. The zero-order valence-corrected chi connectivity index (χ0v) is 11.7. The number of hydrogen-bond acceptors (Lipinski definition) is 4. The molecule has 0 saturated carbocycles. The van der Waals surface area contributed by atoms with E-state index < -0.39 is 5.97 Å². The Hall–Kier alpha value is -2.15. The maximum atomic E-state index is 11.9. The number of aliphatic imine (C=N–C) groups is 1. The molecule has 0 unspecified atom stereocenters. The van der Waals surface area contributed by atoms with Crippen LogP contribution in [0.25, 0.3) is 0 Å². The van der Waals surface area contributed by atoms with Crippen molar-refractivity contribution in [2.45, 2.75) is 33.2 Å². The lowest BCUT2D eigenvalue weighted by Crippen LogP contribution is -2.17. The van der Waals surface area contributed by atoms with Gasteiger partial charge < -0.3 is 4.74 Å². The van der Waals surface area contributed by atoms with Crippen LogP contribution in [0.5, 0.6) is 0 Å². The number of carbonyl (C=O) groups is 1. The van der Waals surface area contributed by atoms with Crippen molar-refractivity contribution in [2.75, 3.05) is 6.61 Å². The first-order valence-corrected chi connectivity index (χ1v) is 6.15. The number of hydrogen-bond donors (Lipinski definition) is 0. The summed E-state index contributed by atoms with van der Waals surface area (Å²) in [6, 6.07) is 8.91. The van der Waals surface area contributed by atoms with Crippen molar-refractivity contribution in [3.8, 4) is 6.07 Å². The van der Waals surface area contributed by atoms with E-state index in [4.69, 9.17) is 4.74 Å². The summed E-state index contributed by atoms with van der Waals surface area (Å²) in [6.07, 6.45) is 0. The number of rotatable bonds is 3. The summed E-state index contributed by atoms with van der Waals surface area (Å²) in [6.45, 7) is 7.74. The van der Waals surface area contributed by atoms with Crippen LogP contribution in [0.2, 0.25) is 0 Å². The van der Waals surface area contributed by atoms with Crippen LogP contribution in [0.4, 0.5) is 0 Å². The second-order valence-electron chi connectivity index (χ2n) is 5.01. The number of ether oxygens (including phenoxy) is 1. The average Bonchev–Trinajstić information content (AvgIpc) is 2.35. The fourth-order valence-corrected chi connectivity index (χ4v) is 1.56. The summed E-state index contributed by atoms with van der Waals surface area (Å²) < 4.78 is 4.99. The van der Waals surface area contributed by atoms with E-state index in [1.165, 1.54) is 0 Å². The molecule has 1 rings (SSSR count). The summed E-state index contributed by atoms with van der Waals surface area (Å²) in [5.74, 6) is -0.435. The van der Waals surface area contributed by atoms with E-state index in [0.29, 0.717) is 17.7 Å². The molecule has 0 N–H and O–H groups in total. The van der Waals surface area contributed by atoms with Gasteiger partial charge in [0.15, 0.2) is 0 Å². The van der Waals surface area contributed by atoms with Crippen molar-refractivity contribution in [3.05, 3.63) is 35.4 Å². The highest BCUT2D eigenvalue weighted by Crippen LogP contribution is 2.15. The van der Waals surface area contributed by atoms with Gasteiger partial charge in [-0.1, -0.05) is 18.2 Å². The Morgan fingerprint density at radius 3 is 2.37 bits per heavy atom. The summed E-state index contributed by atoms with van der Waals surface area (Å²) >= 11 is 0. The smallest absolute Gasteiger partial charge is 0.338 e. The van der Waals surface area contributed by atoms with Crippen molar-refractivity contribution >= 4 is 11.7 Å². The monoisotopic (exact) mass is 258 g/mol. The maximum Gasteiger partial charge on any atom is 0.338 e. The maximum absolute atomic E-state index is 11.9. The molecule has 100 valence electrons. The molecule has 0 fully saturated rings. The highest BCUT2D eigenvalue weighted by atomic mass is 16.5. The fraction of sp³-hybridized carbons (Fsp3) is 0.400. The molecular formula is C15H18N2O2. The standard InChI is InChI=1S/C15H18N2O2/c1-5-19-14(18)12-9-7-6-8-11(12)13(10-16)17-15(2,3)4/h6-9H,5H2,1-4H3. The van der Waals surface area contributed by atoms with Crippen molar-refractivity contribution in [3.63, 3.8) is 0 Å². The second-order valence-corrected chi connectivity index (χ2v) is 5.01. The number of nitrogens with zero attached hydrogens (tertiary/aromatic N) is 2. The minimum Gasteiger partial charge on any atom is -0.462 e. The first-order chi connectivity index (χ1) is 8.89. The molecule has 0 aromatic heterocycles. The van der Waals surface area contributed by atoms with Gasteiger partial charge in [0.2, 0.25) is 0 Å². The zero-order chi connectivity index (χ0) is 14.5. The van der Waals surface area contributed by atoms with E-state index in [-0.39, 0.29) is 11.3 Å². The molecule has 19 heavy (non-hydrogen) atoms. The molecule has 0 heterocycles. The lowest BCUT2D eigenvalue weighted by atomic mass is 10.0. The number of esters is 1. The van der Waals surface area contributed by atoms with Crippen LogP contribution in [-0.4, -0.2) is 23.8 Å². The third-order valence-corrected chi connectivity index (χ3v) is 2.23. The predicted octanol–water partition coefficient (Wildman–Crippen LogP) is 2.97. The Bertz CT molecular complexity index is 534. The van der Waals surface area contributed by atoms with Crippen LogP contribution in [0.1, 0.15) is 43.6 Å². The van der Waals surface area contributed by atoms with E-state index >= 15 is 0 Å². The van der Waals surface area contributed by atoms with E-state index in [9.17, 15) is 10.1 Å². The highest BCUT2D eigenvalue weighted by Gasteiger charge is 2.18. The second kappa shape index (κ2) is 6.14. The van der Waals surface area contributed by atoms with Gasteiger partial charge in [-0.2, -0.15) is 5.26 Å². The molecule has 0 radical (unpaired) electrons. The lowest BCUT2D eigenvalue weighted by molar-refractivity contribution is 0.0526. The van der Waals surface area contributed by atoms with Crippen molar-refractivity contribution in [1.82, 2.24) is 0 Å². The minimum atomic E-state index is -0.435. The van der Waals surface area contributed by atoms with Crippen LogP contribution in [-0.2, 0) is 4.74 Å². The third kappa shape index (κ3) is 4.22. The topological polar surface area (TPSA) is 62.5 Å². The van der Waals surface area contributed by atoms with Crippen molar-refractivity contribution in [1.29, 1.82) is 5.26 Å². The Morgan fingerprint density at radius 1 is 1.32 bits per heavy atom. The van der Waals surface area contributed by atoms with Gasteiger partial charge in [-0.05, 0) is 33.8 Å². The minimum absolute atomic E-state index is 0.246. The molecule has 0 bridgehead atoms. The van der Waals surface area contributed by atoms with Crippen molar-refractivity contribution in [2.24, 2.45) is 4.99 Å². The van der Waals surface area contributed by atoms with Gasteiger partial charge in [0.1, 0.15) is 11.8 Å². The first kappa shape index (κ1) is 14.9. The first-order valence-electron chi connectivity index (χ1n) is 6.15. The molecule has 0 spiro atoms. The van der Waals surface area contributed by atoms with E-state index in [0.717, 1.165) is 0 Å². The van der Waals surface area contributed by atoms with Gasteiger partial charge in [0, 0.05) is 5.56 Å². The largest absolute Gasteiger partial charge is 0.462 e. The molecule has 4 nitrogen and oxygen atoms in total. The summed E-state index contributed by atoms with van der Waals surface area (Å²) in [4.78, 5) is 16.2. The van der Waals surface area contributed by atoms with E-state index in [1.807, 2.05) is 20.8 Å². The average molecular weight is 258 g/mol.